The summed E-state index contributed by atoms with van der Waals surface area (Å²) >= 11 is 3.31. The summed E-state index contributed by atoms with van der Waals surface area (Å²) in [5.41, 5.74) is 0.865. The summed E-state index contributed by atoms with van der Waals surface area (Å²) in [5, 5.41) is 0. The van der Waals surface area contributed by atoms with E-state index in [1.54, 1.807) is 11.1 Å². The first kappa shape index (κ1) is 10.4. The Bertz CT molecular complexity index is 366. The molecule has 1 saturated heterocycles. The number of carbonyl (C=O) groups excluding carboxylic acids is 1. The van der Waals surface area contributed by atoms with Gasteiger partial charge < -0.3 is 4.74 Å². The summed E-state index contributed by atoms with van der Waals surface area (Å²) in [6.07, 6.45) is 1.44. The van der Waals surface area contributed by atoms with Gasteiger partial charge in [-0.15, -0.1) is 0 Å². The summed E-state index contributed by atoms with van der Waals surface area (Å²) in [4.78, 5) is 17.2. The van der Waals surface area contributed by atoms with Crippen molar-refractivity contribution in [3.63, 3.8) is 0 Å². The molecule has 0 spiro atoms. The van der Waals surface area contributed by atoms with Gasteiger partial charge >= 0.3 is 6.09 Å². The Morgan fingerprint density at radius 1 is 1.67 bits per heavy atom. The van der Waals surface area contributed by atoms with Crippen LogP contribution in [-0.2, 0) is 11.3 Å². The predicted octanol–water partition coefficient (Wildman–Crippen LogP) is 2.18. The van der Waals surface area contributed by atoms with Crippen LogP contribution < -0.4 is 0 Å². The van der Waals surface area contributed by atoms with Crippen molar-refractivity contribution in [2.45, 2.75) is 19.6 Å². The van der Waals surface area contributed by atoms with Crippen molar-refractivity contribution in [3.05, 3.63) is 28.5 Å². The van der Waals surface area contributed by atoms with Crippen LogP contribution in [0.5, 0.6) is 0 Å². The van der Waals surface area contributed by atoms with Crippen LogP contribution in [-0.4, -0.2) is 28.6 Å². The van der Waals surface area contributed by atoms with Gasteiger partial charge in [0.15, 0.2) is 0 Å². The molecule has 1 aliphatic heterocycles. The van der Waals surface area contributed by atoms with E-state index in [0.717, 1.165) is 10.2 Å². The number of hydrogen-bond donors (Lipinski definition) is 0. The number of aromatic nitrogens is 1. The quantitative estimate of drug-likeness (QED) is 0.828. The normalized spacial score (nSPS) is 20.5. The van der Waals surface area contributed by atoms with E-state index >= 15 is 0 Å². The second-order valence-electron chi connectivity index (χ2n) is 3.54. The van der Waals surface area contributed by atoms with E-state index in [-0.39, 0.29) is 12.2 Å². The third kappa shape index (κ3) is 2.47. The van der Waals surface area contributed by atoms with Gasteiger partial charge in [0.25, 0.3) is 0 Å². The number of cyclic esters (lactones) is 1. The monoisotopic (exact) mass is 270 g/mol. The van der Waals surface area contributed by atoms with Crippen molar-refractivity contribution in [1.82, 2.24) is 9.88 Å². The van der Waals surface area contributed by atoms with Gasteiger partial charge in [-0.2, -0.15) is 0 Å². The van der Waals surface area contributed by atoms with Gasteiger partial charge in [0.05, 0.1) is 18.8 Å². The fourth-order valence-electron chi connectivity index (χ4n) is 1.49. The molecule has 1 fully saturated rings. The zero-order valence-corrected chi connectivity index (χ0v) is 9.90. The van der Waals surface area contributed by atoms with Gasteiger partial charge in [0.2, 0.25) is 0 Å². The topological polar surface area (TPSA) is 42.4 Å². The fraction of sp³-hybridized carbons (Fsp3) is 0.400. The molecule has 1 atom stereocenters. The first-order valence-corrected chi connectivity index (χ1v) is 5.50. The van der Waals surface area contributed by atoms with Crippen LogP contribution in [0, 0.1) is 0 Å². The van der Waals surface area contributed by atoms with Gasteiger partial charge in [-0.25, -0.2) is 4.79 Å². The van der Waals surface area contributed by atoms with Crippen molar-refractivity contribution in [3.8, 4) is 0 Å². The molecule has 5 heteroatoms. The second-order valence-corrected chi connectivity index (χ2v) is 4.46. The highest BCUT2D eigenvalue weighted by Crippen LogP contribution is 2.14. The van der Waals surface area contributed by atoms with E-state index in [2.05, 4.69) is 20.9 Å². The lowest BCUT2D eigenvalue weighted by Gasteiger charge is -2.11. The average molecular weight is 271 g/mol. The molecule has 1 unspecified atom stereocenters. The van der Waals surface area contributed by atoms with Gasteiger partial charge in [-0.05, 0) is 35.0 Å². The van der Waals surface area contributed by atoms with Gasteiger partial charge in [-0.3, -0.25) is 9.88 Å². The van der Waals surface area contributed by atoms with E-state index in [4.69, 9.17) is 4.74 Å². The number of rotatable bonds is 2. The summed E-state index contributed by atoms with van der Waals surface area (Å²) in [6.45, 7) is 3.03. The standard InChI is InChI=1S/C10H11BrN2O2/c1-7-5-13(10(14)15-7)6-9-3-2-8(11)4-12-9/h2-4,7H,5-6H2,1H3. The lowest BCUT2D eigenvalue weighted by atomic mass is 10.3. The molecule has 1 aliphatic rings. The van der Waals surface area contributed by atoms with Crippen molar-refractivity contribution in [2.24, 2.45) is 0 Å². The molecule has 0 saturated carbocycles. The van der Waals surface area contributed by atoms with E-state index in [1.165, 1.54) is 0 Å². The van der Waals surface area contributed by atoms with Crippen LogP contribution in [0.15, 0.2) is 22.8 Å². The minimum Gasteiger partial charge on any atom is -0.444 e. The van der Waals surface area contributed by atoms with Crippen LogP contribution in [0.4, 0.5) is 4.79 Å². The Balaban J connectivity index is 2.03. The molecule has 2 heterocycles. The molecule has 0 radical (unpaired) electrons. The van der Waals surface area contributed by atoms with Crippen LogP contribution in [0.1, 0.15) is 12.6 Å². The average Bonchev–Trinajstić information content (AvgIpc) is 2.49. The minimum atomic E-state index is -0.257. The van der Waals surface area contributed by atoms with E-state index in [0.29, 0.717) is 13.1 Å². The number of carbonyl (C=O) groups is 1. The molecule has 2 rings (SSSR count). The Labute approximate surface area is 96.4 Å². The lowest BCUT2D eigenvalue weighted by molar-refractivity contribution is 0.137. The van der Waals surface area contributed by atoms with Crippen LogP contribution >= 0.6 is 15.9 Å². The Kier molecular flexibility index (Phi) is 2.90. The van der Waals surface area contributed by atoms with Crippen molar-refractivity contribution in [2.75, 3.05) is 6.54 Å². The third-order valence-corrected chi connectivity index (χ3v) is 2.65. The molecule has 1 aromatic heterocycles. The molecular formula is C10H11BrN2O2. The Morgan fingerprint density at radius 3 is 3.00 bits per heavy atom. The molecule has 80 valence electrons. The molecule has 0 bridgehead atoms. The zero-order valence-electron chi connectivity index (χ0n) is 8.31. The zero-order chi connectivity index (χ0) is 10.8. The first-order valence-electron chi connectivity index (χ1n) is 4.71. The maximum Gasteiger partial charge on any atom is 0.410 e. The smallest absolute Gasteiger partial charge is 0.410 e. The fourth-order valence-corrected chi connectivity index (χ4v) is 1.73. The lowest BCUT2D eigenvalue weighted by Crippen LogP contribution is -2.24. The molecule has 15 heavy (non-hydrogen) atoms. The maximum absolute atomic E-state index is 11.3. The van der Waals surface area contributed by atoms with E-state index < -0.39 is 0 Å². The number of ether oxygens (including phenoxy) is 1. The van der Waals surface area contributed by atoms with Crippen LogP contribution in [0.3, 0.4) is 0 Å². The summed E-state index contributed by atoms with van der Waals surface area (Å²) in [7, 11) is 0. The molecule has 4 nitrogen and oxygen atoms in total. The molecule has 0 aliphatic carbocycles. The minimum absolute atomic E-state index is 0.0204. The third-order valence-electron chi connectivity index (χ3n) is 2.18. The predicted molar refractivity (Wildman–Crippen MR) is 58.3 cm³/mol. The Morgan fingerprint density at radius 2 is 2.47 bits per heavy atom. The maximum atomic E-state index is 11.3. The van der Waals surface area contributed by atoms with Gasteiger partial charge in [0, 0.05) is 10.7 Å². The van der Waals surface area contributed by atoms with Gasteiger partial charge in [-0.1, -0.05) is 0 Å². The number of hydrogen-bond acceptors (Lipinski definition) is 3. The summed E-state index contributed by atoms with van der Waals surface area (Å²) in [6, 6.07) is 3.80. The number of amides is 1. The van der Waals surface area contributed by atoms with Crippen molar-refractivity contribution in [1.29, 1.82) is 0 Å². The highest BCUT2D eigenvalue weighted by molar-refractivity contribution is 9.10. The summed E-state index contributed by atoms with van der Waals surface area (Å²) < 4.78 is 5.95. The molecule has 1 aromatic rings. The van der Waals surface area contributed by atoms with Crippen molar-refractivity contribution < 1.29 is 9.53 Å². The van der Waals surface area contributed by atoms with Crippen LogP contribution in [0.25, 0.3) is 0 Å². The van der Waals surface area contributed by atoms with E-state index in [9.17, 15) is 4.79 Å². The van der Waals surface area contributed by atoms with Crippen LogP contribution in [0.2, 0.25) is 0 Å². The molecular weight excluding hydrogens is 260 g/mol. The number of halogens is 1. The second kappa shape index (κ2) is 4.18. The highest BCUT2D eigenvalue weighted by atomic mass is 79.9. The number of pyridine rings is 1. The highest BCUT2D eigenvalue weighted by Gasteiger charge is 2.27. The molecule has 0 aromatic carbocycles. The largest absolute Gasteiger partial charge is 0.444 e. The molecule has 0 N–H and O–H groups in total. The van der Waals surface area contributed by atoms with Crippen molar-refractivity contribution >= 4 is 22.0 Å². The Hall–Kier alpha value is -1.10. The SMILES string of the molecule is CC1CN(Cc2ccc(Br)cn2)C(=O)O1. The first-order chi connectivity index (χ1) is 7.15. The summed E-state index contributed by atoms with van der Waals surface area (Å²) in [5.74, 6) is 0. The molecule has 1 amide bonds. The van der Waals surface area contributed by atoms with E-state index in [1.807, 2.05) is 19.1 Å². The van der Waals surface area contributed by atoms with Gasteiger partial charge in [0.1, 0.15) is 6.10 Å². The number of nitrogens with zero attached hydrogens (tertiary/aromatic N) is 2.